The number of aliphatic hydroxyl groups is 1. The number of carbonyl (C=O) groups is 2. The smallest absolute Gasteiger partial charge is 0.348 e. The fourth-order valence-electron chi connectivity index (χ4n) is 3.35. The van der Waals surface area contributed by atoms with Gasteiger partial charge in [0, 0.05) is 33.2 Å². The zero-order chi connectivity index (χ0) is 24.4. The van der Waals surface area contributed by atoms with Crippen LogP contribution in [-0.4, -0.2) is 78.0 Å². The Morgan fingerprint density at radius 3 is 2.70 bits per heavy atom. The number of thiophene rings is 1. The maximum atomic E-state index is 12.7. The highest BCUT2D eigenvalue weighted by molar-refractivity contribution is 7.20. The van der Waals surface area contributed by atoms with E-state index >= 15 is 0 Å². The predicted octanol–water partition coefficient (Wildman–Crippen LogP) is 2.01. The molecule has 0 saturated heterocycles. The van der Waals surface area contributed by atoms with Crippen LogP contribution < -0.4 is 5.56 Å². The summed E-state index contributed by atoms with van der Waals surface area (Å²) in [5, 5.41) is 10.7. The average molecular weight is 484 g/mol. The molecule has 0 aromatic carbocycles. The largest absolute Gasteiger partial charge is 0.463 e. The lowest BCUT2D eigenvalue weighted by Gasteiger charge is -2.24. The summed E-state index contributed by atoms with van der Waals surface area (Å²) in [5.74, 6) is -0.401. The van der Waals surface area contributed by atoms with E-state index in [-0.39, 0.29) is 37.8 Å². The summed E-state index contributed by atoms with van der Waals surface area (Å²) in [6.07, 6.45) is 0.808. The Hall–Kier alpha value is -2.34. The highest BCUT2D eigenvalue weighted by Crippen LogP contribution is 2.27. The van der Waals surface area contributed by atoms with Crippen LogP contribution >= 0.6 is 11.3 Å². The van der Waals surface area contributed by atoms with E-state index in [0.717, 1.165) is 11.3 Å². The van der Waals surface area contributed by atoms with Gasteiger partial charge in [0.2, 0.25) is 0 Å². The number of hydrogen-bond donors (Lipinski definition) is 2. The number of methoxy groups -OCH3 is 1. The van der Waals surface area contributed by atoms with E-state index in [2.05, 4.69) is 9.97 Å². The van der Waals surface area contributed by atoms with Crippen molar-refractivity contribution in [3.63, 3.8) is 0 Å². The molecule has 0 fully saturated rings. The topological polar surface area (TPSA) is 131 Å². The number of fused-ring (bicyclic) bond motifs is 1. The van der Waals surface area contributed by atoms with Crippen LogP contribution in [0.1, 0.15) is 54.2 Å². The fourth-order valence-corrected chi connectivity index (χ4v) is 4.44. The lowest BCUT2D eigenvalue weighted by Crippen LogP contribution is -2.37. The van der Waals surface area contributed by atoms with Crippen LogP contribution in [0.15, 0.2) is 4.79 Å². The average Bonchev–Trinajstić information content (AvgIpc) is 3.09. The van der Waals surface area contributed by atoms with Crippen LogP contribution in [0, 0.1) is 6.92 Å². The highest BCUT2D eigenvalue weighted by Gasteiger charge is 2.21. The van der Waals surface area contributed by atoms with E-state index < -0.39 is 12.1 Å². The Labute approximate surface area is 196 Å². The number of carbonyl (C=O) groups excluding carboxylic acids is 2. The molecule has 0 aliphatic rings. The number of rotatable bonds is 14. The molecule has 0 aliphatic heterocycles. The van der Waals surface area contributed by atoms with Crippen LogP contribution in [0.2, 0.25) is 0 Å². The first-order valence-corrected chi connectivity index (χ1v) is 11.9. The van der Waals surface area contributed by atoms with Gasteiger partial charge in [0.1, 0.15) is 28.2 Å². The minimum atomic E-state index is -0.886. The molecule has 33 heavy (non-hydrogen) atoms. The van der Waals surface area contributed by atoms with Gasteiger partial charge in [0.25, 0.3) is 5.56 Å². The summed E-state index contributed by atoms with van der Waals surface area (Å²) in [7, 11) is 1.61. The maximum absolute atomic E-state index is 12.7. The zero-order valence-corrected chi connectivity index (χ0v) is 20.5. The fraction of sp³-hybridized carbons (Fsp3) is 0.636. The van der Waals surface area contributed by atoms with E-state index in [9.17, 15) is 19.5 Å². The number of aliphatic hydroxyl groups excluding tert-OH is 1. The van der Waals surface area contributed by atoms with Gasteiger partial charge in [-0.15, -0.1) is 11.3 Å². The first kappa shape index (κ1) is 26.9. The van der Waals surface area contributed by atoms with Crippen molar-refractivity contribution in [1.29, 1.82) is 0 Å². The summed E-state index contributed by atoms with van der Waals surface area (Å²) in [4.78, 5) is 46.6. The van der Waals surface area contributed by atoms with Gasteiger partial charge in [-0.05, 0) is 32.3 Å². The van der Waals surface area contributed by atoms with Gasteiger partial charge in [0.15, 0.2) is 0 Å². The Bertz CT molecular complexity index is 988. The second kappa shape index (κ2) is 13.4. The number of nitrogens with one attached hydrogen (secondary N) is 1. The third-order valence-electron chi connectivity index (χ3n) is 4.87. The van der Waals surface area contributed by atoms with E-state index in [0.29, 0.717) is 58.9 Å². The van der Waals surface area contributed by atoms with Crippen LogP contribution in [0.5, 0.6) is 0 Å². The SMILES string of the molecule is CCCC(=O)OC[C@@H](O)CN(CCCOC)Cc1nc2sc(C(=O)OCC)c(C)c2c(=O)[nH]1. The molecule has 2 aromatic heterocycles. The summed E-state index contributed by atoms with van der Waals surface area (Å²) < 4.78 is 15.3. The molecule has 2 heterocycles. The van der Waals surface area contributed by atoms with Crippen LogP contribution in [0.3, 0.4) is 0 Å². The standard InChI is InChI=1S/C22H33N3O7S/c1-5-8-17(27)32-13-15(26)11-25(9-7-10-30-4)12-16-23-20(28)18-14(3)19(22(29)31-6-2)33-21(18)24-16/h15,26H,5-13H2,1-4H3,(H,23,24,28)/t15-/m0/s1. The second-order valence-corrected chi connectivity index (χ2v) is 8.64. The molecule has 2 aromatic rings. The number of aromatic nitrogens is 2. The van der Waals surface area contributed by atoms with Crippen molar-refractivity contribution in [2.75, 3.05) is 40.0 Å². The zero-order valence-electron chi connectivity index (χ0n) is 19.6. The Morgan fingerprint density at radius 1 is 1.27 bits per heavy atom. The third kappa shape index (κ3) is 7.88. The molecule has 0 radical (unpaired) electrons. The number of H-pyrrole nitrogens is 1. The van der Waals surface area contributed by atoms with E-state index in [4.69, 9.17) is 14.2 Å². The van der Waals surface area contributed by atoms with E-state index in [1.807, 2.05) is 11.8 Å². The minimum Gasteiger partial charge on any atom is -0.463 e. The first-order valence-electron chi connectivity index (χ1n) is 11.0. The molecule has 1 atom stereocenters. The van der Waals surface area contributed by atoms with Crippen molar-refractivity contribution in [3.8, 4) is 0 Å². The molecule has 184 valence electrons. The lowest BCUT2D eigenvalue weighted by atomic mass is 10.2. The normalized spacial score (nSPS) is 12.3. The van der Waals surface area contributed by atoms with Crippen LogP contribution in [0.25, 0.3) is 10.2 Å². The maximum Gasteiger partial charge on any atom is 0.348 e. The molecule has 0 bridgehead atoms. The molecular formula is C22H33N3O7S. The highest BCUT2D eigenvalue weighted by atomic mass is 32.1. The molecule has 0 saturated carbocycles. The number of nitrogens with zero attached hydrogens (tertiary/aromatic N) is 2. The molecule has 2 N–H and O–H groups in total. The van der Waals surface area contributed by atoms with Crippen molar-refractivity contribution in [3.05, 3.63) is 26.6 Å². The van der Waals surface area contributed by atoms with Crippen LogP contribution in [-0.2, 0) is 25.5 Å². The van der Waals surface area contributed by atoms with E-state index in [1.165, 1.54) is 0 Å². The Kier molecular flexibility index (Phi) is 10.9. The van der Waals surface area contributed by atoms with Crippen molar-refractivity contribution < 1.29 is 28.9 Å². The number of aryl methyl sites for hydroxylation is 1. The van der Waals surface area contributed by atoms with Crippen molar-refractivity contribution in [1.82, 2.24) is 14.9 Å². The summed E-state index contributed by atoms with van der Waals surface area (Å²) in [6.45, 7) is 7.05. The Balaban J connectivity index is 2.18. The number of hydrogen-bond acceptors (Lipinski definition) is 10. The molecule has 0 unspecified atom stereocenters. The number of aromatic amines is 1. The van der Waals surface area contributed by atoms with Gasteiger partial charge in [-0.25, -0.2) is 9.78 Å². The molecule has 0 spiro atoms. The summed E-state index contributed by atoms with van der Waals surface area (Å²) in [6, 6.07) is 0. The minimum absolute atomic E-state index is 0.102. The third-order valence-corrected chi connectivity index (χ3v) is 6.03. The Morgan fingerprint density at radius 2 is 2.03 bits per heavy atom. The lowest BCUT2D eigenvalue weighted by molar-refractivity contribution is -0.147. The molecule has 11 heteroatoms. The molecular weight excluding hydrogens is 450 g/mol. The van der Waals surface area contributed by atoms with Crippen LogP contribution in [0.4, 0.5) is 0 Å². The van der Waals surface area contributed by atoms with Gasteiger partial charge in [-0.2, -0.15) is 0 Å². The quantitative estimate of drug-likeness (QED) is 0.306. The monoisotopic (exact) mass is 483 g/mol. The van der Waals surface area contributed by atoms with Gasteiger partial charge < -0.3 is 24.3 Å². The molecule has 0 amide bonds. The van der Waals surface area contributed by atoms with Gasteiger partial charge in [-0.3, -0.25) is 14.5 Å². The van der Waals surface area contributed by atoms with Crippen molar-refractivity contribution in [2.24, 2.45) is 0 Å². The summed E-state index contributed by atoms with van der Waals surface area (Å²) in [5.41, 5.74) is 0.222. The van der Waals surface area contributed by atoms with Gasteiger partial charge in [-0.1, -0.05) is 6.92 Å². The second-order valence-electron chi connectivity index (χ2n) is 7.64. The van der Waals surface area contributed by atoms with E-state index in [1.54, 1.807) is 21.0 Å². The molecule has 0 aliphatic carbocycles. The van der Waals surface area contributed by atoms with Crippen molar-refractivity contribution in [2.45, 2.75) is 52.7 Å². The summed E-state index contributed by atoms with van der Waals surface area (Å²) >= 11 is 1.13. The predicted molar refractivity (Wildman–Crippen MR) is 125 cm³/mol. The number of esters is 2. The van der Waals surface area contributed by atoms with Gasteiger partial charge in [0.05, 0.1) is 18.5 Å². The first-order chi connectivity index (χ1) is 15.8. The molecule has 2 rings (SSSR count). The number of ether oxygens (including phenoxy) is 3. The van der Waals surface area contributed by atoms with Crippen molar-refractivity contribution >= 4 is 33.5 Å². The molecule has 10 nitrogen and oxygen atoms in total. The van der Waals surface area contributed by atoms with Gasteiger partial charge >= 0.3 is 11.9 Å².